The fourth-order valence-corrected chi connectivity index (χ4v) is 4.12. The van der Waals surface area contributed by atoms with Crippen LogP contribution in [0.4, 0.5) is 5.69 Å². The van der Waals surface area contributed by atoms with Gasteiger partial charge >= 0.3 is 0 Å². The molecule has 23 heavy (non-hydrogen) atoms. The van der Waals surface area contributed by atoms with E-state index >= 15 is 0 Å². The van der Waals surface area contributed by atoms with Gasteiger partial charge in [0.05, 0.1) is 11.4 Å². The Hall–Kier alpha value is -1.85. The number of anilines is 1. The van der Waals surface area contributed by atoms with Crippen molar-refractivity contribution >= 4 is 23.4 Å². The lowest BCUT2D eigenvalue weighted by atomic mass is 10.2. The molecule has 1 amide bonds. The number of benzene rings is 1. The maximum absolute atomic E-state index is 12.5. The highest BCUT2D eigenvalue weighted by Crippen LogP contribution is 2.38. The first kappa shape index (κ1) is 16.0. The van der Waals surface area contributed by atoms with Crippen LogP contribution < -0.4 is 11.1 Å². The molecule has 0 spiro atoms. The molecule has 1 fully saturated rings. The zero-order valence-corrected chi connectivity index (χ0v) is 13.8. The van der Waals surface area contributed by atoms with E-state index in [2.05, 4.69) is 16.4 Å². The number of amides is 1. The minimum Gasteiger partial charge on any atom is -0.325 e. The molecule has 1 aromatic heterocycles. The molecule has 0 radical (unpaired) electrons. The zero-order chi connectivity index (χ0) is 16.1. The molecule has 4 nitrogen and oxygen atoms in total. The Morgan fingerprint density at radius 3 is 2.83 bits per heavy atom. The molecule has 0 aliphatic heterocycles. The second-order valence-electron chi connectivity index (χ2n) is 5.71. The van der Waals surface area contributed by atoms with Crippen LogP contribution in [0.2, 0.25) is 0 Å². The van der Waals surface area contributed by atoms with E-state index in [4.69, 9.17) is 5.73 Å². The molecule has 120 valence electrons. The van der Waals surface area contributed by atoms with Crippen molar-refractivity contribution in [2.45, 2.75) is 42.4 Å². The molecule has 1 heterocycles. The van der Waals surface area contributed by atoms with Gasteiger partial charge in [0.1, 0.15) is 0 Å². The highest BCUT2D eigenvalue weighted by atomic mass is 32.2. The summed E-state index contributed by atoms with van der Waals surface area (Å²) < 4.78 is 0. The summed E-state index contributed by atoms with van der Waals surface area (Å²) in [6, 6.07) is 11.5. The number of rotatable bonds is 5. The summed E-state index contributed by atoms with van der Waals surface area (Å²) in [4.78, 5) is 17.7. The van der Waals surface area contributed by atoms with E-state index in [-0.39, 0.29) is 5.91 Å². The highest BCUT2D eigenvalue weighted by Gasteiger charge is 2.18. The van der Waals surface area contributed by atoms with Crippen LogP contribution in [0.1, 0.15) is 41.7 Å². The third-order valence-electron chi connectivity index (χ3n) is 4.02. The average molecular weight is 327 g/mol. The molecule has 0 atom stereocenters. The Balaban J connectivity index is 1.75. The Bertz CT molecular complexity index is 683. The van der Waals surface area contributed by atoms with Gasteiger partial charge in [0.2, 0.25) is 0 Å². The minimum absolute atomic E-state index is 0.124. The molecule has 1 saturated carbocycles. The first-order chi connectivity index (χ1) is 11.3. The molecule has 3 N–H and O–H groups in total. The lowest BCUT2D eigenvalue weighted by Crippen LogP contribution is -2.14. The summed E-state index contributed by atoms with van der Waals surface area (Å²) in [7, 11) is 0. The number of para-hydroxylation sites is 1. The van der Waals surface area contributed by atoms with Gasteiger partial charge in [-0.1, -0.05) is 25.0 Å². The van der Waals surface area contributed by atoms with Gasteiger partial charge in [-0.25, -0.2) is 0 Å². The largest absolute Gasteiger partial charge is 0.325 e. The topological polar surface area (TPSA) is 68.0 Å². The van der Waals surface area contributed by atoms with Crippen molar-refractivity contribution < 1.29 is 4.79 Å². The lowest BCUT2D eigenvalue weighted by Gasteiger charge is -2.14. The first-order valence-electron chi connectivity index (χ1n) is 7.98. The summed E-state index contributed by atoms with van der Waals surface area (Å²) in [5, 5.41) is 3.69. The molecule has 1 aliphatic carbocycles. The maximum atomic E-state index is 12.5. The highest BCUT2D eigenvalue weighted by molar-refractivity contribution is 8.00. The van der Waals surface area contributed by atoms with Crippen LogP contribution in [-0.2, 0) is 6.54 Å². The van der Waals surface area contributed by atoms with Gasteiger partial charge in [0.15, 0.2) is 0 Å². The monoisotopic (exact) mass is 327 g/mol. The molecule has 2 aromatic rings. The molecule has 1 aromatic carbocycles. The number of aromatic nitrogens is 1. The van der Waals surface area contributed by atoms with Crippen molar-refractivity contribution in [3.05, 3.63) is 53.9 Å². The van der Waals surface area contributed by atoms with Gasteiger partial charge in [0, 0.05) is 28.5 Å². The third kappa shape index (κ3) is 4.12. The van der Waals surface area contributed by atoms with Crippen LogP contribution in [-0.4, -0.2) is 16.1 Å². The van der Waals surface area contributed by atoms with Gasteiger partial charge in [-0.15, -0.1) is 11.8 Å². The molecule has 5 heteroatoms. The van der Waals surface area contributed by atoms with E-state index in [0.29, 0.717) is 23.1 Å². The van der Waals surface area contributed by atoms with Crippen molar-refractivity contribution in [1.82, 2.24) is 4.98 Å². The number of nitrogens with one attached hydrogen (secondary N) is 1. The van der Waals surface area contributed by atoms with E-state index in [1.54, 1.807) is 18.3 Å². The SMILES string of the molecule is NCc1cc(C(=O)Nc2ccccc2SC2CCCC2)ccn1. The Labute approximate surface area is 140 Å². The fraction of sp³-hybridized carbons (Fsp3) is 0.333. The summed E-state index contributed by atoms with van der Waals surface area (Å²) >= 11 is 1.88. The number of carbonyl (C=O) groups is 1. The van der Waals surface area contributed by atoms with Crippen LogP contribution in [0, 0.1) is 0 Å². The van der Waals surface area contributed by atoms with Crippen LogP contribution >= 0.6 is 11.8 Å². The zero-order valence-electron chi connectivity index (χ0n) is 13.0. The predicted octanol–water partition coefficient (Wildman–Crippen LogP) is 3.83. The summed E-state index contributed by atoms with van der Waals surface area (Å²) in [5.74, 6) is -0.124. The molecule has 0 bridgehead atoms. The van der Waals surface area contributed by atoms with Gasteiger partial charge in [-0.2, -0.15) is 0 Å². The Kier molecular flexibility index (Phi) is 5.31. The van der Waals surface area contributed by atoms with E-state index in [1.165, 1.54) is 25.7 Å². The summed E-state index contributed by atoms with van der Waals surface area (Å²) in [6.45, 7) is 0.329. The van der Waals surface area contributed by atoms with E-state index in [1.807, 2.05) is 30.0 Å². The fourth-order valence-electron chi connectivity index (χ4n) is 2.78. The normalized spacial score (nSPS) is 14.8. The number of thioether (sulfide) groups is 1. The standard InChI is InChI=1S/C18H21N3OS/c19-12-14-11-13(9-10-20-14)18(22)21-16-7-3-4-8-17(16)23-15-5-1-2-6-15/h3-4,7-11,15H,1-2,5-6,12,19H2,(H,21,22). The number of carbonyl (C=O) groups excluding carboxylic acids is 1. The van der Waals surface area contributed by atoms with Crippen molar-refractivity contribution in [1.29, 1.82) is 0 Å². The van der Waals surface area contributed by atoms with Crippen molar-refractivity contribution in [2.24, 2.45) is 5.73 Å². The molecule has 1 aliphatic rings. The smallest absolute Gasteiger partial charge is 0.255 e. The van der Waals surface area contributed by atoms with Gasteiger partial charge < -0.3 is 11.1 Å². The quantitative estimate of drug-likeness (QED) is 0.876. The minimum atomic E-state index is -0.124. The van der Waals surface area contributed by atoms with Crippen molar-refractivity contribution in [3.63, 3.8) is 0 Å². The Morgan fingerprint density at radius 1 is 1.26 bits per heavy atom. The van der Waals surface area contributed by atoms with Crippen LogP contribution in [0.5, 0.6) is 0 Å². The van der Waals surface area contributed by atoms with Crippen LogP contribution in [0.15, 0.2) is 47.5 Å². The van der Waals surface area contributed by atoms with Gasteiger partial charge in [-0.3, -0.25) is 9.78 Å². The van der Waals surface area contributed by atoms with E-state index in [0.717, 1.165) is 10.6 Å². The molecule has 3 rings (SSSR count). The molecule has 0 saturated heterocycles. The van der Waals surface area contributed by atoms with E-state index < -0.39 is 0 Å². The van der Waals surface area contributed by atoms with Gasteiger partial charge in [0.25, 0.3) is 5.91 Å². The number of nitrogens with zero attached hydrogens (tertiary/aromatic N) is 1. The number of hydrogen-bond acceptors (Lipinski definition) is 4. The molecule has 0 unspecified atom stereocenters. The number of pyridine rings is 1. The maximum Gasteiger partial charge on any atom is 0.255 e. The van der Waals surface area contributed by atoms with Crippen molar-refractivity contribution in [2.75, 3.05) is 5.32 Å². The second-order valence-corrected chi connectivity index (χ2v) is 7.06. The first-order valence-corrected chi connectivity index (χ1v) is 8.86. The van der Waals surface area contributed by atoms with Crippen LogP contribution in [0.3, 0.4) is 0 Å². The van der Waals surface area contributed by atoms with E-state index in [9.17, 15) is 4.79 Å². The summed E-state index contributed by atoms with van der Waals surface area (Å²) in [5.41, 5.74) is 7.76. The predicted molar refractivity (Wildman–Crippen MR) is 94.6 cm³/mol. The number of hydrogen-bond donors (Lipinski definition) is 2. The lowest BCUT2D eigenvalue weighted by molar-refractivity contribution is 0.102. The third-order valence-corrected chi connectivity index (χ3v) is 5.43. The average Bonchev–Trinajstić information content (AvgIpc) is 3.09. The molecular weight excluding hydrogens is 306 g/mol. The van der Waals surface area contributed by atoms with Gasteiger partial charge in [-0.05, 0) is 37.1 Å². The molecular formula is C18H21N3OS. The summed E-state index contributed by atoms with van der Waals surface area (Å²) in [6.07, 6.45) is 6.76. The Morgan fingerprint density at radius 2 is 2.04 bits per heavy atom. The van der Waals surface area contributed by atoms with Crippen molar-refractivity contribution in [3.8, 4) is 0 Å². The number of nitrogens with two attached hydrogens (primary N) is 1. The van der Waals surface area contributed by atoms with Crippen LogP contribution in [0.25, 0.3) is 0 Å². The second kappa shape index (κ2) is 7.62.